The van der Waals surface area contributed by atoms with E-state index < -0.39 is 0 Å². The summed E-state index contributed by atoms with van der Waals surface area (Å²) in [5.41, 5.74) is 0. The fourth-order valence-electron chi connectivity index (χ4n) is 3.16. The van der Waals surface area contributed by atoms with E-state index >= 15 is 0 Å². The minimum atomic E-state index is -0.103. The SMILES string of the molecule is CNC(=O)C[C@H]1CCCN(C2CCN(C)CC2)C1=O. The Kier molecular flexibility index (Phi) is 4.80. The van der Waals surface area contributed by atoms with Crippen molar-refractivity contribution in [1.82, 2.24) is 15.1 Å². The number of likely N-dealkylation sites (tertiary alicyclic amines) is 2. The van der Waals surface area contributed by atoms with Crippen molar-refractivity contribution in [2.45, 2.75) is 38.1 Å². The molecule has 2 aliphatic heterocycles. The molecule has 19 heavy (non-hydrogen) atoms. The first-order valence-corrected chi connectivity index (χ1v) is 7.31. The van der Waals surface area contributed by atoms with Crippen molar-refractivity contribution in [2.75, 3.05) is 33.7 Å². The second kappa shape index (κ2) is 6.37. The molecule has 0 aromatic heterocycles. The third kappa shape index (κ3) is 3.47. The maximum Gasteiger partial charge on any atom is 0.226 e. The normalized spacial score (nSPS) is 26.5. The monoisotopic (exact) mass is 267 g/mol. The summed E-state index contributed by atoms with van der Waals surface area (Å²) in [6.45, 7) is 3.00. The van der Waals surface area contributed by atoms with Gasteiger partial charge >= 0.3 is 0 Å². The molecule has 0 bridgehead atoms. The van der Waals surface area contributed by atoms with E-state index in [1.165, 1.54) is 0 Å². The van der Waals surface area contributed by atoms with Gasteiger partial charge < -0.3 is 15.1 Å². The molecule has 0 saturated carbocycles. The van der Waals surface area contributed by atoms with Crippen LogP contribution in [0.5, 0.6) is 0 Å². The van der Waals surface area contributed by atoms with Gasteiger partial charge in [-0.15, -0.1) is 0 Å². The molecule has 0 aromatic carbocycles. The van der Waals surface area contributed by atoms with Gasteiger partial charge in [0.15, 0.2) is 0 Å². The van der Waals surface area contributed by atoms with Crippen LogP contribution in [0, 0.1) is 5.92 Å². The van der Waals surface area contributed by atoms with Crippen LogP contribution < -0.4 is 5.32 Å². The van der Waals surface area contributed by atoms with Gasteiger partial charge in [0, 0.05) is 32.0 Å². The van der Waals surface area contributed by atoms with Gasteiger partial charge in [0.25, 0.3) is 0 Å². The lowest BCUT2D eigenvalue weighted by molar-refractivity contribution is -0.144. The highest BCUT2D eigenvalue weighted by Gasteiger charge is 2.34. The summed E-state index contributed by atoms with van der Waals surface area (Å²) in [4.78, 5) is 28.3. The predicted octanol–water partition coefficient (Wildman–Crippen LogP) is 0.455. The molecule has 2 amide bonds. The molecule has 108 valence electrons. The maximum absolute atomic E-state index is 12.5. The number of nitrogens with one attached hydrogen (secondary N) is 1. The Morgan fingerprint density at radius 3 is 2.58 bits per heavy atom. The van der Waals surface area contributed by atoms with Crippen molar-refractivity contribution in [3.63, 3.8) is 0 Å². The lowest BCUT2D eigenvalue weighted by atomic mass is 9.90. The van der Waals surface area contributed by atoms with Gasteiger partial charge in [-0.2, -0.15) is 0 Å². The molecule has 0 radical (unpaired) electrons. The van der Waals surface area contributed by atoms with E-state index in [1.54, 1.807) is 7.05 Å². The van der Waals surface area contributed by atoms with Crippen molar-refractivity contribution in [3.8, 4) is 0 Å². The standard InChI is InChI=1S/C14H25N3O2/c1-15-13(18)10-11-4-3-7-17(14(11)19)12-5-8-16(2)9-6-12/h11-12H,3-10H2,1-2H3,(H,15,18)/t11-/m1/s1. The van der Waals surface area contributed by atoms with E-state index in [2.05, 4.69) is 17.3 Å². The van der Waals surface area contributed by atoms with Gasteiger partial charge in [-0.1, -0.05) is 0 Å². The van der Waals surface area contributed by atoms with Gasteiger partial charge in [0.1, 0.15) is 0 Å². The Hall–Kier alpha value is -1.10. The smallest absolute Gasteiger partial charge is 0.226 e. The number of carbonyl (C=O) groups is 2. The third-order valence-electron chi connectivity index (χ3n) is 4.42. The van der Waals surface area contributed by atoms with Crippen LogP contribution in [0.25, 0.3) is 0 Å². The zero-order chi connectivity index (χ0) is 13.8. The molecule has 0 aromatic rings. The summed E-state index contributed by atoms with van der Waals surface area (Å²) >= 11 is 0. The average molecular weight is 267 g/mol. The lowest BCUT2D eigenvalue weighted by Gasteiger charge is -2.41. The number of hydrogen-bond donors (Lipinski definition) is 1. The van der Waals surface area contributed by atoms with E-state index in [1.807, 2.05) is 4.90 Å². The van der Waals surface area contributed by atoms with Crippen molar-refractivity contribution in [3.05, 3.63) is 0 Å². The van der Waals surface area contributed by atoms with E-state index in [0.29, 0.717) is 12.5 Å². The van der Waals surface area contributed by atoms with Crippen LogP contribution in [0.15, 0.2) is 0 Å². The molecule has 2 heterocycles. The molecule has 2 aliphatic rings. The quantitative estimate of drug-likeness (QED) is 0.808. The van der Waals surface area contributed by atoms with E-state index in [0.717, 1.165) is 45.3 Å². The molecule has 0 aliphatic carbocycles. The number of rotatable bonds is 3. The summed E-state index contributed by atoms with van der Waals surface area (Å²) in [5, 5.41) is 2.62. The molecule has 1 atom stereocenters. The third-order valence-corrected chi connectivity index (χ3v) is 4.42. The largest absolute Gasteiger partial charge is 0.359 e. The zero-order valence-electron chi connectivity index (χ0n) is 12.0. The number of hydrogen-bond acceptors (Lipinski definition) is 3. The molecular weight excluding hydrogens is 242 g/mol. The van der Waals surface area contributed by atoms with Gasteiger partial charge in [0.2, 0.25) is 11.8 Å². The van der Waals surface area contributed by atoms with Crippen molar-refractivity contribution in [2.24, 2.45) is 5.92 Å². The van der Waals surface area contributed by atoms with Crippen LogP contribution >= 0.6 is 0 Å². The fourth-order valence-corrected chi connectivity index (χ4v) is 3.16. The highest BCUT2D eigenvalue weighted by molar-refractivity contribution is 5.86. The van der Waals surface area contributed by atoms with Crippen LogP contribution in [-0.4, -0.2) is 61.4 Å². The minimum Gasteiger partial charge on any atom is -0.359 e. The zero-order valence-corrected chi connectivity index (χ0v) is 12.0. The van der Waals surface area contributed by atoms with Gasteiger partial charge in [0.05, 0.1) is 0 Å². The first-order chi connectivity index (χ1) is 9.11. The summed E-state index contributed by atoms with van der Waals surface area (Å²) in [5.74, 6) is 0.0707. The summed E-state index contributed by atoms with van der Waals surface area (Å²) in [7, 11) is 3.76. The van der Waals surface area contributed by atoms with Crippen molar-refractivity contribution in [1.29, 1.82) is 0 Å². The lowest BCUT2D eigenvalue weighted by Crippen LogP contribution is -2.51. The molecule has 5 heteroatoms. The second-order valence-corrected chi connectivity index (χ2v) is 5.78. The van der Waals surface area contributed by atoms with E-state index in [-0.39, 0.29) is 17.7 Å². The molecule has 2 fully saturated rings. The highest BCUT2D eigenvalue weighted by Crippen LogP contribution is 2.26. The van der Waals surface area contributed by atoms with Crippen molar-refractivity contribution < 1.29 is 9.59 Å². The summed E-state index contributed by atoms with van der Waals surface area (Å²) < 4.78 is 0. The molecular formula is C14H25N3O2. The number of carbonyl (C=O) groups excluding carboxylic acids is 2. The molecule has 0 spiro atoms. The van der Waals surface area contributed by atoms with Crippen molar-refractivity contribution >= 4 is 11.8 Å². The summed E-state index contributed by atoms with van der Waals surface area (Å²) in [6.07, 6.45) is 4.36. The average Bonchev–Trinajstić information content (AvgIpc) is 2.42. The second-order valence-electron chi connectivity index (χ2n) is 5.78. The Balaban J connectivity index is 1.94. The topological polar surface area (TPSA) is 52.7 Å². The van der Waals surface area contributed by atoms with Crippen LogP contribution in [0.2, 0.25) is 0 Å². The summed E-state index contributed by atoms with van der Waals surface area (Å²) in [6, 6.07) is 0.385. The number of piperidine rings is 2. The molecule has 1 N–H and O–H groups in total. The fraction of sp³-hybridized carbons (Fsp3) is 0.857. The Labute approximate surface area is 115 Å². The number of nitrogens with zero attached hydrogens (tertiary/aromatic N) is 2. The molecule has 2 rings (SSSR count). The molecule has 5 nitrogen and oxygen atoms in total. The molecule has 0 unspecified atom stereocenters. The van der Waals surface area contributed by atoms with Crippen LogP contribution in [0.4, 0.5) is 0 Å². The van der Waals surface area contributed by atoms with E-state index in [4.69, 9.17) is 0 Å². The predicted molar refractivity (Wildman–Crippen MR) is 73.6 cm³/mol. The Bertz CT molecular complexity index is 338. The van der Waals surface area contributed by atoms with Crippen LogP contribution in [0.1, 0.15) is 32.1 Å². The first kappa shape index (κ1) is 14.3. The first-order valence-electron chi connectivity index (χ1n) is 7.31. The highest BCUT2D eigenvalue weighted by atomic mass is 16.2. The maximum atomic E-state index is 12.5. The van der Waals surface area contributed by atoms with Crippen LogP contribution in [-0.2, 0) is 9.59 Å². The Morgan fingerprint density at radius 2 is 1.95 bits per heavy atom. The van der Waals surface area contributed by atoms with Crippen LogP contribution in [0.3, 0.4) is 0 Å². The minimum absolute atomic E-state index is 0.0245. The van der Waals surface area contributed by atoms with Gasteiger partial charge in [-0.05, 0) is 45.8 Å². The van der Waals surface area contributed by atoms with Gasteiger partial charge in [-0.25, -0.2) is 0 Å². The molecule has 2 saturated heterocycles. The Morgan fingerprint density at radius 1 is 1.26 bits per heavy atom. The van der Waals surface area contributed by atoms with Gasteiger partial charge in [-0.3, -0.25) is 9.59 Å². The number of amides is 2. The van der Waals surface area contributed by atoms with E-state index in [9.17, 15) is 9.59 Å².